The highest BCUT2D eigenvalue weighted by atomic mass is 35.5. The summed E-state index contributed by atoms with van der Waals surface area (Å²) in [6, 6.07) is 6.41. The Hall–Kier alpha value is -1.70. The van der Waals surface area contributed by atoms with Crippen LogP contribution in [-0.2, 0) is 23.0 Å². The van der Waals surface area contributed by atoms with Crippen LogP contribution in [0.3, 0.4) is 0 Å². The van der Waals surface area contributed by atoms with Gasteiger partial charge in [-0.05, 0) is 24.1 Å². The van der Waals surface area contributed by atoms with Crippen LogP contribution in [0.1, 0.15) is 11.3 Å². The average Bonchev–Trinajstić information content (AvgIpc) is 2.46. The van der Waals surface area contributed by atoms with Crippen LogP contribution < -0.4 is 5.73 Å². The second-order valence-electron chi connectivity index (χ2n) is 4.72. The van der Waals surface area contributed by atoms with Gasteiger partial charge in [-0.3, -0.25) is 0 Å². The molecule has 0 unspecified atom stereocenters. The minimum absolute atomic E-state index is 0.108. The standard InChI is InChI=1S/C13H13ClN4O2S/c14-10-3-1-2-4-12(10)21(19,20)18-6-5-9-7-16-13(15)17-11(9)8-18/h1-4,7H,5-6,8H2,(H2,15,16,17). The molecule has 0 radical (unpaired) electrons. The number of aromatic nitrogens is 2. The van der Waals surface area contributed by atoms with Gasteiger partial charge in [0.2, 0.25) is 16.0 Å². The van der Waals surface area contributed by atoms with E-state index in [1.54, 1.807) is 24.4 Å². The number of halogens is 1. The lowest BCUT2D eigenvalue weighted by atomic mass is 10.1. The minimum atomic E-state index is -3.65. The second kappa shape index (κ2) is 5.25. The molecule has 0 bridgehead atoms. The Morgan fingerprint density at radius 3 is 2.81 bits per heavy atom. The van der Waals surface area contributed by atoms with Crippen LogP contribution in [0.15, 0.2) is 35.4 Å². The van der Waals surface area contributed by atoms with E-state index >= 15 is 0 Å². The number of rotatable bonds is 2. The molecule has 0 saturated heterocycles. The Morgan fingerprint density at radius 2 is 2.05 bits per heavy atom. The molecule has 0 atom stereocenters. The molecule has 1 aromatic heterocycles. The molecule has 2 heterocycles. The lowest BCUT2D eigenvalue weighted by molar-refractivity contribution is 0.385. The molecule has 0 amide bonds. The number of nitrogen functional groups attached to an aromatic ring is 1. The van der Waals surface area contributed by atoms with Crippen molar-refractivity contribution in [3.8, 4) is 0 Å². The van der Waals surface area contributed by atoms with Gasteiger partial charge in [-0.2, -0.15) is 4.31 Å². The highest BCUT2D eigenvalue weighted by molar-refractivity contribution is 7.89. The maximum atomic E-state index is 12.7. The zero-order chi connectivity index (χ0) is 15.0. The molecule has 1 aromatic carbocycles. The molecule has 0 spiro atoms. The first-order valence-corrected chi connectivity index (χ1v) is 8.15. The zero-order valence-electron chi connectivity index (χ0n) is 11.0. The Morgan fingerprint density at radius 1 is 1.29 bits per heavy atom. The quantitative estimate of drug-likeness (QED) is 0.903. The van der Waals surface area contributed by atoms with Crippen molar-refractivity contribution in [3.63, 3.8) is 0 Å². The molecule has 110 valence electrons. The fourth-order valence-electron chi connectivity index (χ4n) is 2.29. The Bertz CT molecular complexity index is 795. The Kier molecular flexibility index (Phi) is 3.56. The summed E-state index contributed by atoms with van der Waals surface area (Å²) < 4.78 is 26.7. The highest BCUT2D eigenvalue weighted by Gasteiger charge is 2.30. The summed E-state index contributed by atoms with van der Waals surface area (Å²) in [4.78, 5) is 8.16. The molecule has 0 aliphatic carbocycles. The molecule has 0 fully saturated rings. The Labute approximate surface area is 127 Å². The van der Waals surface area contributed by atoms with Crippen LogP contribution in [0.25, 0.3) is 0 Å². The van der Waals surface area contributed by atoms with E-state index in [0.717, 1.165) is 5.56 Å². The molecular weight excluding hydrogens is 312 g/mol. The van der Waals surface area contributed by atoms with Gasteiger partial charge in [0.15, 0.2) is 0 Å². The van der Waals surface area contributed by atoms with Crippen LogP contribution in [-0.4, -0.2) is 29.2 Å². The van der Waals surface area contributed by atoms with Gasteiger partial charge in [-0.25, -0.2) is 18.4 Å². The van der Waals surface area contributed by atoms with Gasteiger partial charge in [0.1, 0.15) is 4.90 Å². The topological polar surface area (TPSA) is 89.2 Å². The number of nitrogens with two attached hydrogens (primary N) is 1. The summed E-state index contributed by atoms with van der Waals surface area (Å²) in [6.45, 7) is 0.545. The minimum Gasteiger partial charge on any atom is -0.368 e. The first-order valence-electron chi connectivity index (χ1n) is 6.33. The predicted octanol–water partition coefficient (Wildman–Crippen LogP) is 1.46. The van der Waals surface area contributed by atoms with E-state index in [4.69, 9.17) is 17.3 Å². The number of anilines is 1. The highest BCUT2D eigenvalue weighted by Crippen LogP contribution is 2.28. The van der Waals surface area contributed by atoms with E-state index in [9.17, 15) is 8.42 Å². The average molecular weight is 325 g/mol. The van der Waals surface area contributed by atoms with Gasteiger partial charge in [0.25, 0.3) is 0 Å². The van der Waals surface area contributed by atoms with Gasteiger partial charge in [0.05, 0.1) is 17.3 Å². The van der Waals surface area contributed by atoms with Crippen molar-refractivity contribution in [1.82, 2.24) is 14.3 Å². The van der Waals surface area contributed by atoms with Gasteiger partial charge in [-0.1, -0.05) is 23.7 Å². The summed E-state index contributed by atoms with van der Waals surface area (Å²) in [6.07, 6.45) is 2.20. The molecular formula is C13H13ClN4O2S. The molecule has 21 heavy (non-hydrogen) atoms. The van der Waals surface area contributed by atoms with E-state index in [1.807, 2.05) is 0 Å². The van der Waals surface area contributed by atoms with Gasteiger partial charge >= 0.3 is 0 Å². The summed E-state index contributed by atoms with van der Waals surface area (Å²) in [5, 5.41) is 0.213. The maximum absolute atomic E-state index is 12.7. The summed E-state index contributed by atoms with van der Waals surface area (Å²) in [5.74, 6) is 0.144. The first-order chi connectivity index (χ1) is 9.98. The summed E-state index contributed by atoms with van der Waals surface area (Å²) in [7, 11) is -3.65. The van der Waals surface area contributed by atoms with E-state index in [-0.39, 0.29) is 22.4 Å². The fourth-order valence-corrected chi connectivity index (χ4v) is 4.19. The molecule has 0 saturated carbocycles. The van der Waals surface area contributed by atoms with Crippen LogP contribution in [0, 0.1) is 0 Å². The largest absolute Gasteiger partial charge is 0.368 e. The van der Waals surface area contributed by atoms with Crippen molar-refractivity contribution in [1.29, 1.82) is 0 Å². The van der Waals surface area contributed by atoms with Crippen LogP contribution in [0.2, 0.25) is 5.02 Å². The number of hydrogen-bond acceptors (Lipinski definition) is 5. The molecule has 2 aromatic rings. The molecule has 6 nitrogen and oxygen atoms in total. The molecule has 1 aliphatic heterocycles. The molecule has 3 rings (SSSR count). The lowest BCUT2D eigenvalue weighted by Crippen LogP contribution is -2.36. The summed E-state index contributed by atoms with van der Waals surface area (Å²) in [5.41, 5.74) is 7.13. The smallest absolute Gasteiger partial charge is 0.244 e. The number of nitrogens with zero attached hydrogens (tertiary/aromatic N) is 3. The SMILES string of the molecule is Nc1ncc2c(n1)CN(S(=O)(=O)c1ccccc1Cl)CC2. The van der Waals surface area contributed by atoms with Gasteiger partial charge in [0, 0.05) is 12.7 Å². The first kappa shape index (κ1) is 14.2. The Balaban J connectivity index is 1.97. The van der Waals surface area contributed by atoms with Crippen molar-refractivity contribution in [2.24, 2.45) is 0 Å². The van der Waals surface area contributed by atoms with E-state index in [1.165, 1.54) is 10.4 Å². The van der Waals surface area contributed by atoms with E-state index < -0.39 is 10.0 Å². The van der Waals surface area contributed by atoms with Gasteiger partial charge in [-0.15, -0.1) is 0 Å². The van der Waals surface area contributed by atoms with Crippen molar-refractivity contribution >= 4 is 27.6 Å². The summed E-state index contributed by atoms with van der Waals surface area (Å²) >= 11 is 6.00. The zero-order valence-corrected chi connectivity index (χ0v) is 12.6. The third-order valence-electron chi connectivity index (χ3n) is 3.38. The lowest BCUT2D eigenvalue weighted by Gasteiger charge is -2.27. The van der Waals surface area contributed by atoms with Crippen LogP contribution >= 0.6 is 11.6 Å². The fraction of sp³-hybridized carbons (Fsp3) is 0.231. The number of sulfonamides is 1. The number of hydrogen-bond donors (Lipinski definition) is 1. The van der Waals surface area contributed by atoms with Crippen molar-refractivity contribution in [3.05, 3.63) is 46.7 Å². The van der Waals surface area contributed by atoms with Crippen molar-refractivity contribution < 1.29 is 8.42 Å². The third kappa shape index (κ3) is 2.59. The van der Waals surface area contributed by atoms with Crippen molar-refractivity contribution in [2.45, 2.75) is 17.9 Å². The van der Waals surface area contributed by atoms with E-state index in [0.29, 0.717) is 18.7 Å². The van der Waals surface area contributed by atoms with Gasteiger partial charge < -0.3 is 5.73 Å². The predicted molar refractivity (Wildman–Crippen MR) is 79.2 cm³/mol. The van der Waals surface area contributed by atoms with Crippen LogP contribution in [0.5, 0.6) is 0 Å². The second-order valence-corrected chi connectivity index (χ2v) is 7.03. The third-order valence-corrected chi connectivity index (χ3v) is 5.73. The van der Waals surface area contributed by atoms with E-state index in [2.05, 4.69) is 9.97 Å². The molecule has 1 aliphatic rings. The monoisotopic (exact) mass is 324 g/mol. The maximum Gasteiger partial charge on any atom is 0.244 e. The molecule has 8 heteroatoms. The normalized spacial score (nSPS) is 15.7. The number of fused-ring (bicyclic) bond motifs is 1. The molecule has 2 N–H and O–H groups in total. The number of benzene rings is 1. The van der Waals surface area contributed by atoms with Crippen molar-refractivity contribution in [2.75, 3.05) is 12.3 Å². The van der Waals surface area contributed by atoms with Crippen LogP contribution in [0.4, 0.5) is 5.95 Å².